The maximum Gasteiger partial charge on any atom is 0.309 e. The normalized spacial score (nSPS) is 11.0. The summed E-state index contributed by atoms with van der Waals surface area (Å²) in [4.78, 5) is 22.9. The van der Waals surface area contributed by atoms with Crippen molar-refractivity contribution in [3.05, 3.63) is 28.2 Å². The molecule has 0 radical (unpaired) electrons. The molecular formula is C14H18BrNO4. The molecular weight excluding hydrogens is 326 g/mol. The highest BCUT2D eigenvalue weighted by Gasteiger charge is 2.26. The molecule has 0 heterocycles. The van der Waals surface area contributed by atoms with Crippen LogP contribution in [-0.2, 0) is 4.79 Å². The first kappa shape index (κ1) is 16.5. The van der Waals surface area contributed by atoms with Gasteiger partial charge in [0.1, 0.15) is 5.75 Å². The molecule has 0 aliphatic rings. The smallest absolute Gasteiger partial charge is 0.309 e. The Bertz CT molecular complexity index is 514. The number of carbonyl (C=O) groups is 2. The van der Waals surface area contributed by atoms with Crippen LogP contribution in [0.1, 0.15) is 30.6 Å². The van der Waals surface area contributed by atoms with Gasteiger partial charge >= 0.3 is 5.97 Å². The van der Waals surface area contributed by atoms with Crippen molar-refractivity contribution in [2.24, 2.45) is 5.41 Å². The van der Waals surface area contributed by atoms with Crippen molar-refractivity contribution in [3.63, 3.8) is 0 Å². The Morgan fingerprint density at radius 1 is 1.40 bits per heavy atom. The Morgan fingerprint density at radius 3 is 2.55 bits per heavy atom. The van der Waals surface area contributed by atoms with Crippen LogP contribution >= 0.6 is 15.9 Å². The zero-order chi connectivity index (χ0) is 15.3. The Hall–Kier alpha value is -1.56. The summed E-state index contributed by atoms with van der Waals surface area (Å²) in [5.41, 5.74) is -0.362. The lowest BCUT2D eigenvalue weighted by molar-refractivity contribution is -0.147. The second kappa shape index (κ2) is 6.74. The summed E-state index contributed by atoms with van der Waals surface area (Å²) in [5, 5.41) is 11.7. The largest absolute Gasteiger partial charge is 0.496 e. The van der Waals surface area contributed by atoms with Crippen molar-refractivity contribution in [2.45, 2.75) is 20.3 Å². The molecule has 5 nitrogen and oxygen atoms in total. The number of aliphatic carboxylic acids is 1. The highest BCUT2D eigenvalue weighted by atomic mass is 79.9. The average Bonchev–Trinajstić information content (AvgIpc) is 2.38. The third kappa shape index (κ3) is 4.23. The maximum atomic E-state index is 11.9. The van der Waals surface area contributed by atoms with Crippen LogP contribution in [0, 0.1) is 5.41 Å². The number of benzene rings is 1. The number of carboxylic acids is 1. The minimum Gasteiger partial charge on any atom is -0.496 e. The molecule has 20 heavy (non-hydrogen) atoms. The topological polar surface area (TPSA) is 75.6 Å². The summed E-state index contributed by atoms with van der Waals surface area (Å²) >= 11 is 3.31. The molecule has 1 rings (SSSR count). The van der Waals surface area contributed by atoms with Gasteiger partial charge in [-0.05, 0) is 54.4 Å². The summed E-state index contributed by atoms with van der Waals surface area (Å²) in [5.74, 6) is -0.470. The van der Waals surface area contributed by atoms with E-state index in [2.05, 4.69) is 21.2 Å². The van der Waals surface area contributed by atoms with E-state index in [0.717, 1.165) is 0 Å². The van der Waals surface area contributed by atoms with Crippen LogP contribution in [0.5, 0.6) is 5.75 Å². The predicted octanol–water partition coefficient (Wildman–Crippen LogP) is 2.69. The van der Waals surface area contributed by atoms with Crippen molar-refractivity contribution < 1.29 is 19.4 Å². The molecule has 0 spiro atoms. The third-order valence-electron chi connectivity index (χ3n) is 3.03. The first-order valence-electron chi connectivity index (χ1n) is 6.13. The number of amides is 1. The van der Waals surface area contributed by atoms with Gasteiger partial charge < -0.3 is 15.2 Å². The Morgan fingerprint density at radius 2 is 2.05 bits per heavy atom. The van der Waals surface area contributed by atoms with E-state index in [0.29, 0.717) is 28.8 Å². The van der Waals surface area contributed by atoms with Crippen LogP contribution in [0.4, 0.5) is 0 Å². The lowest BCUT2D eigenvalue weighted by atomic mass is 9.90. The first-order chi connectivity index (χ1) is 9.27. The van der Waals surface area contributed by atoms with E-state index in [4.69, 9.17) is 9.84 Å². The second-order valence-corrected chi connectivity index (χ2v) is 5.90. The van der Waals surface area contributed by atoms with Crippen molar-refractivity contribution in [3.8, 4) is 5.75 Å². The minimum atomic E-state index is -0.876. The van der Waals surface area contributed by atoms with Crippen LogP contribution in [0.25, 0.3) is 0 Å². The van der Waals surface area contributed by atoms with Gasteiger partial charge in [0.15, 0.2) is 0 Å². The average molecular weight is 344 g/mol. The maximum absolute atomic E-state index is 11.9. The van der Waals surface area contributed by atoms with E-state index >= 15 is 0 Å². The SMILES string of the molecule is COc1ccc(C(=O)NCCC(C)(C)C(=O)O)cc1Br. The van der Waals surface area contributed by atoms with Gasteiger partial charge in [-0.1, -0.05) is 0 Å². The van der Waals surface area contributed by atoms with Crippen molar-refractivity contribution in [2.75, 3.05) is 13.7 Å². The minimum absolute atomic E-state index is 0.241. The molecule has 0 saturated heterocycles. The van der Waals surface area contributed by atoms with Gasteiger partial charge in [0, 0.05) is 12.1 Å². The summed E-state index contributed by atoms with van der Waals surface area (Å²) in [6.45, 7) is 3.57. The van der Waals surface area contributed by atoms with Gasteiger partial charge in [-0.15, -0.1) is 0 Å². The van der Waals surface area contributed by atoms with E-state index in [1.165, 1.54) is 0 Å². The molecule has 0 unspecified atom stereocenters. The fraction of sp³-hybridized carbons (Fsp3) is 0.429. The standard InChI is InChI=1S/C14H18BrNO4/c1-14(2,13(18)19)6-7-16-12(17)9-4-5-11(20-3)10(15)8-9/h4-5,8H,6-7H2,1-3H3,(H,16,17)(H,18,19). The van der Waals surface area contributed by atoms with Crippen LogP contribution in [0.2, 0.25) is 0 Å². The van der Waals surface area contributed by atoms with Gasteiger partial charge in [0.25, 0.3) is 5.91 Å². The molecule has 2 N–H and O–H groups in total. The van der Waals surface area contributed by atoms with Gasteiger partial charge in [-0.2, -0.15) is 0 Å². The van der Waals surface area contributed by atoms with Crippen LogP contribution in [0.15, 0.2) is 22.7 Å². The highest BCUT2D eigenvalue weighted by molar-refractivity contribution is 9.10. The number of nitrogens with one attached hydrogen (secondary N) is 1. The Kier molecular flexibility index (Phi) is 5.56. The highest BCUT2D eigenvalue weighted by Crippen LogP contribution is 2.25. The molecule has 110 valence electrons. The summed E-state index contributed by atoms with van der Waals surface area (Å²) < 4.78 is 5.78. The van der Waals surface area contributed by atoms with Crippen molar-refractivity contribution >= 4 is 27.8 Å². The lowest BCUT2D eigenvalue weighted by Crippen LogP contribution is -2.31. The molecule has 0 aliphatic heterocycles. The summed E-state index contributed by atoms with van der Waals surface area (Å²) in [6.07, 6.45) is 0.366. The molecule has 0 fully saturated rings. The van der Waals surface area contributed by atoms with Crippen LogP contribution in [0.3, 0.4) is 0 Å². The van der Waals surface area contributed by atoms with E-state index in [1.54, 1.807) is 39.2 Å². The molecule has 1 aromatic rings. The number of carboxylic acid groups (broad SMARTS) is 1. The molecule has 1 amide bonds. The van der Waals surface area contributed by atoms with E-state index < -0.39 is 11.4 Å². The van der Waals surface area contributed by atoms with Crippen LogP contribution in [-0.4, -0.2) is 30.6 Å². The Labute approximate surface area is 126 Å². The number of rotatable bonds is 6. The summed E-state index contributed by atoms with van der Waals surface area (Å²) in [7, 11) is 1.55. The van der Waals surface area contributed by atoms with Gasteiger partial charge in [0.2, 0.25) is 0 Å². The fourth-order valence-corrected chi connectivity index (χ4v) is 2.05. The number of carbonyl (C=O) groups excluding carboxylic acids is 1. The van der Waals surface area contributed by atoms with E-state index in [9.17, 15) is 9.59 Å². The van der Waals surface area contributed by atoms with E-state index in [-0.39, 0.29) is 5.91 Å². The second-order valence-electron chi connectivity index (χ2n) is 5.04. The zero-order valence-corrected chi connectivity index (χ0v) is 13.3. The van der Waals surface area contributed by atoms with Crippen molar-refractivity contribution in [1.82, 2.24) is 5.32 Å². The molecule has 0 saturated carbocycles. The lowest BCUT2D eigenvalue weighted by Gasteiger charge is -2.18. The van der Waals surface area contributed by atoms with Gasteiger partial charge in [0.05, 0.1) is 17.0 Å². The number of hydrogen-bond donors (Lipinski definition) is 2. The molecule has 1 aromatic carbocycles. The zero-order valence-electron chi connectivity index (χ0n) is 11.7. The fourth-order valence-electron chi connectivity index (χ4n) is 1.51. The number of methoxy groups -OCH3 is 1. The van der Waals surface area contributed by atoms with Crippen LogP contribution < -0.4 is 10.1 Å². The number of hydrogen-bond acceptors (Lipinski definition) is 3. The van der Waals surface area contributed by atoms with Gasteiger partial charge in [-0.3, -0.25) is 9.59 Å². The monoisotopic (exact) mass is 343 g/mol. The summed E-state index contributed by atoms with van der Waals surface area (Å²) in [6, 6.07) is 5.01. The number of ether oxygens (including phenoxy) is 1. The van der Waals surface area contributed by atoms with Gasteiger partial charge in [-0.25, -0.2) is 0 Å². The molecule has 0 bridgehead atoms. The van der Waals surface area contributed by atoms with E-state index in [1.807, 2.05) is 0 Å². The molecule has 0 aliphatic carbocycles. The molecule has 0 aromatic heterocycles. The molecule has 0 atom stereocenters. The first-order valence-corrected chi connectivity index (χ1v) is 6.92. The third-order valence-corrected chi connectivity index (χ3v) is 3.65. The predicted molar refractivity (Wildman–Crippen MR) is 79.1 cm³/mol. The van der Waals surface area contributed by atoms with Crippen molar-refractivity contribution in [1.29, 1.82) is 0 Å². The quantitative estimate of drug-likeness (QED) is 0.832. The Balaban J connectivity index is 2.60. The number of halogens is 1. The molecule has 6 heteroatoms.